The van der Waals surface area contributed by atoms with Gasteiger partial charge in [-0.3, -0.25) is 9.69 Å². The number of piperidine rings is 1. The van der Waals surface area contributed by atoms with Crippen LogP contribution in [0.25, 0.3) is 11.3 Å². The summed E-state index contributed by atoms with van der Waals surface area (Å²) in [5.41, 5.74) is 3.50. The Morgan fingerprint density at radius 3 is 2.83 bits per heavy atom. The Labute approximate surface area is 172 Å². The molecule has 0 spiro atoms. The molecule has 2 aromatic heterocycles. The molecule has 0 saturated carbocycles. The summed E-state index contributed by atoms with van der Waals surface area (Å²) in [5.74, 6) is 1.04. The Bertz CT molecular complexity index is 844. The average molecular weight is 399 g/mol. The summed E-state index contributed by atoms with van der Waals surface area (Å²) in [6.07, 6.45) is 4.22. The number of rotatable bonds is 5. The van der Waals surface area contributed by atoms with Crippen molar-refractivity contribution in [2.24, 2.45) is 0 Å². The second-order valence-electron chi connectivity index (χ2n) is 7.90. The highest BCUT2D eigenvalue weighted by Crippen LogP contribution is 2.29. The van der Waals surface area contributed by atoms with E-state index < -0.39 is 0 Å². The maximum absolute atomic E-state index is 12.8. The molecule has 0 radical (unpaired) electrons. The summed E-state index contributed by atoms with van der Waals surface area (Å²) in [5, 5.41) is 4.09. The third-order valence-corrected chi connectivity index (χ3v) is 5.84. The average Bonchev–Trinajstić information content (AvgIpc) is 3.15. The monoisotopic (exact) mass is 398 g/mol. The molecule has 2 aliphatic rings. The molecule has 1 amide bonds. The van der Waals surface area contributed by atoms with Crippen molar-refractivity contribution >= 4 is 5.91 Å². The van der Waals surface area contributed by atoms with Gasteiger partial charge in [-0.05, 0) is 45.0 Å². The van der Waals surface area contributed by atoms with Gasteiger partial charge in [-0.15, -0.1) is 0 Å². The summed E-state index contributed by atoms with van der Waals surface area (Å²) in [6.45, 7) is 8.28. The standard InChI is InChI=1S/C22H30N4O3/c1-3-19-22(16(2)24-29-19)18-9-7-8-17(23-18)20-14-26(12-13-28-20)21(27)15-25-10-5-4-6-11-25/h7-9,20H,3-6,10-15H2,1-2H3/t20-/m1/s1. The van der Waals surface area contributed by atoms with Gasteiger partial charge in [-0.2, -0.15) is 0 Å². The first-order valence-corrected chi connectivity index (χ1v) is 10.7. The molecule has 2 aromatic rings. The Morgan fingerprint density at radius 2 is 2.03 bits per heavy atom. The molecular weight excluding hydrogens is 368 g/mol. The van der Waals surface area contributed by atoms with E-state index >= 15 is 0 Å². The van der Waals surface area contributed by atoms with Gasteiger partial charge in [0.1, 0.15) is 11.9 Å². The minimum atomic E-state index is -0.209. The number of carbonyl (C=O) groups excluding carboxylic acids is 1. The number of aryl methyl sites for hydroxylation is 2. The fraction of sp³-hybridized carbons (Fsp3) is 0.591. The molecule has 0 aromatic carbocycles. The molecule has 2 saturated heterocycles. The number of amides is 1. The molecule has 0 unspecified atom stereocenters. The lowest BCUT2D eigenvalue weighted by Gasteiger charge is -2.35. The zero-order chi connectivity index (χ0) is 20.2. The van der Waals surface area contributed by atoms with E-state index in [0.29, 0.717) is 26.2 Å². The maximum Gasteiger partial charge on any atom is 0.236 e. The van der Waals surface area contributed by atoms with Crippen LogP contribution in [0.2, 0.25) is 0 Å². The number of pyridine rings is 1. The molecule has 7 heteroatoms. The van der Waals surface area contributed by atoms with Gasteiger partial charge in [0.05, 0.1) is 42.3 Å². The van der Waals surface area contributed by atoms with Crippen LogP contribution in [-0.4, -0.2) is 65.2 Å². The SMILES string of the molecule is CCc1onc(C)c1-c1cccc([C@H]2CN(C(=O)CN3CCCCC3)CCO2)n1. The van der Waals surface area contributed by atoms with E-state index in [0.717, 1.165) is 47.9 Å². The maximum atomic E-state index is 12.8. The Kier molecular flexibility index (Phi) is 6.25. The van der Waals surface area contributed by atoms with E-state index in [1.165, 1.54) is 19.3 Å². The number of morpholine rings is 1. The van der Waals surface area contributed by atoms with Gasteiger partial charge in [0, 0.05) is 13.0 Å². The number of nitrogens with zero attached hydrogens (tertiary/aromatic N) is 4. The smallest absolute Gasteiger partial charge is 0.236 e. The van der Waals surface area contributed by atoms with Crippen LogP contribution < -0.4 is 0 Å². The zero-order valence-electron chi connectivity index (χ0n) is 17.4. The molecule has 29 heavy (non-hydrogen) atoms. The Balaban J connectivity index is 1.47. The quantitative estimate of drug-likeness (QED) is 0.771. The highest BCUT2D eigenvalue weighted by molar-refractivity contribution is 5.78. The Morgan fingerprint density at radius 1 is 1.21 bits per heavy atom. The minimum Gasteiger partial charge on any atom is -0.368 e. The van der Waals surface area contributed by atoms with Crippen LogP contribution in [0, 0.1) is 6.92 Å². The van der Waals surface area contributed by atoms with Gasteiger partial charge in [0.25, 0.3) is 0 Å². The van der Waals surface area contributed by atoms with Crippen molar-refractivity contribution in [2.45, 2.75) is 45.6 Å². The normalized spacial score (nSPS) is 20.8. The molecule has 0 N–H and O–H groups in total. The summed E-state index contributed by atoms with van der Waals surface area (Å²) in [6, 6.07) is 5.94. The lowest BCUT2D eigenvalue weighted by atomic mass is 10.1. The second-order valence-corrected chi connectivity index (χ2v) is 7.90. The second kappa shape index (κ2) is 9.05. The van der Waals surface area contributed by atoms with Crippen molar-refractivity contribution in [1.82, 2.24) is 19.9 Å². The largest absolute Gasteiger partial charge is 0.368 e. The molecular formula is C22H30N4O3. The Hall–Kier alpha value is -2.25. The van der Waals surface area contributed by atoms with Crippen molar-refractivity contribution in [3.05, 3.63) is 35.3 Å². The summed E-state index contributed by atoms with van der Waals surface area (Å²) >= 11 is 0. The third-order valence-electron chi connectivity index (χ3n) is 5.84. The molecule has 156 valence electrons. The van der Waals surface area contributed by atoms with Crippen LogP contribution in [0.5, 0.6) is 0 Å². The minimum absolute atomic E-state index is 0.194. The van der Waals surface area contributed by atoms with E-state index in [2.05, 4.69) is 10.1 Å². The zero-order valence-corrected chi connectivity index (χ0v) is 17.4. The molecule has 2 aliphatic heterocycles. The highest BCUT2D eigenvalue weighted by atomic mass is 16.5. The van der Waals surface area contributed by atoms with Crippen LogP contribution in [0.1, 0.15) is 49.4 Å². The van der Waals surface area contributed by atoms with E-state index in [9.17, 15) is 4.79 Å². The van der Waals surface area contributed by atoms with Crippen molar-refractivity contribution in [2.75, 3.05) is 39.3 Å². The van der Waals surface area contributed by atoms with Crippen LogP contribution >= 0.6 is 0 Å². The van der Waals surface area contributed by atoms with Crippen molar-refractivity contribution in [3.63, 3.8) is 0 Å². The van der Waals surface area contributed by atoms with E-state index in [-0.39, 0.29) is 12.0 Å². The fourth-order valence-electron chi connectivity index (χ4n) is 4.22. The number of aromatic nitrogens is 2. The topological polar surface area (TPSA) is 71.7 Å². The first-order valence-electron chi connectivity index (χ1n) is 10.7. The molecule has 0 bridgehead atoms. The number of hydrogen-bond donors (Lipinski definition) is 0. The number of likely N-dealkylation sites (tertiary alicyclic amines) is 1. The first-order chi connectivity index (χ1) is 14.2. The third kappa shape index (κ3) is 4.51. The summed E-state index contributed by atoms with van der Waals surface area (Å²) in [7, 11) is 0. The van der Waals surface area contributed by atoms with Gasteiger partial charge in [0.2, 0.25) is 5.91 Å². The van der Waals surface area contributed by atoms with Crippen LogP contribution in [0.15, 0.2) is 22.7 Å². The van der Waals surface area contributed by atoms with Crippen molar-refractivity contribution in [1.29, 1.82) is 0 Å². The number of carbonyl (C=O) groups is 1. The fourth-order valence-corrected chi connectivity index (χ4v) is 4.22. The van der Waals surface area contributed by atoms with Crippen LogP contribution in [-0.2, 0) is 16.0 Å². The van der Waals surface area contributed by atoms with E-state index in [1.54, 1.807) is 0 Å². The van der Waals surface area contributed by atoms with E-state index in [4.69, 9.17) is 14.2 Å². The molecule has 4 heterocycles. The first kappa shape index (κ1) is 20.0. The lowest BCUT2D eigenvalue weighted by molar-refractivity contribution is -0.140. The molecule has 2 fully saturated rings. The lowest BCUT2D eigenvalue weighted by Crippen LogP contribution is -2.47. The summed E-state index contributed by atoms with van der Waals surface area (Å²) < 4.78 is 11.4. The van der Waals surface area contributed by atoms with Gasteiger partial charge in [-0.1, -0.05) is 24.6 Å². The van der Waals surface area contributed by atoms with Crippen LogP contribution in [0.4, 0.5) is 0 Å². The molecule has 7 nitrogen and oxygen atoms in total. The molecule has 0 aliphatic carbocycles. The highest BCUT2D eigenvalue weighted by Gasteiger charge is 2.28. The predicted molar refractivity (Wildman–Crippen MR) is 109 cm³/mol. The van der Waals surface area contributed by atoms with Gasteiger partial charge in [-0.25, -0.2) is 4.98 Å². The van der Waals surface area contributed by atoms with Gasteiger partial charge >= 0.3 is 0 Å². The number of ether oxygens (including phenoxy) is 1. The predicted octanol–water partition coefficient (Wildman–Crippen LogP) is 2.99. The molecule has 1 atom stereocenters. The van der Waals surface area contributed by atoms with Gasteiger partial charge in [0.15, 0.2) is 0 Å². The van der Waals surface area contributed by atoms with Crippen LogP contribution in [0.3, 0.4) is 0 Å². The van der Waals surface area contributed by atoms with Crippen molar-refractivity contribution < 1.29 is 14.1 Å². The van der Waals surface area contributed by atoms with Crippen molar-refractivity contribution in [3.8, 4) is 11.3 Å². The van der Waals surface area contributed by atoms with Gasteiger partial charge < -0.3 is 14.2 Å². The number of hydrogen-bond acceptors (Lipinski definition) is 6. The van der Waals surface area contributed by atoms with E-state index in [1.807, 2.05) is 36.9 Å². The summed E-state index contributed by atoms with van der Waals surface area (Å²) in [4.78, 5) is 21.9. The molecule has 4 rings (SSSR count).